The second kappa shape index (κ2) is 12.9. The molecule has 0 unspecified atom stereocenters. The number of carbonyl (C=O) groups is 1. The molecule has 3 rings (SSSR count). The molecule has 0 bridgehead atoms. The van der Waals surface area contributed by atoms with E-state index in [0.29, 0.717) is 5.96 Å². The van der Waals surface area contributed by atoms with Crippen LogP contribution in [0, 0.1) is 0 Å². The van der Waals surface area contributed by atoms with Gasteiger partial charge in [-0.05, 0) is 12.1 Å². The number of amides is 1. The van der Waals surface area contributed by atoms with Gasteiger partial charge in [-0.15, -0.1) is 24.0 Å². The predicted octanol–water partition coefficient (Wildman–Crippen LogP) is 0.450. The van der Waals surface area contributed by atoms with Gasteiger partial charge in [-0.2, -0.15) is 0 Å². The number of carbonyl (C=O) groups excluding carboxylic acids is 1. The lowest BCUT2D eigenvalue weighted by atomic mass is 10.2. The predicted molar refractivity (Wildman–Crippen MR) is 127 cm³/mol. The van der Waals surface area contributed by atoms with Gasteiger partial charge in [-0.1, -0.05) is 18.2 Å². The number of anilines is 1. The van der Waals surface area contributed by atoms with Crippen LogP contribution in [0.3, 0.4) is 0 Å². The third-order valence-electron chi connectivity index (χ3n) is 5.21. The van der Waals surface area contributed by atoms with Gasteiger partial charge in [-0.25, -0.2) is 0 Å². The van der Waals surface area contributed by atoms with Gasteiger partial charge in [0.25, 0.3) is 0 Å². The van der Waals surface area contributed by atoms with E-state index < -0.39 is 0 Å². The Morgan fingerprint density at radius 1 is 1.03 bits per heavy atom. The van der Waals surface area contributed by atoms with E-state index in [4.69, 9.17) is 4.74 Å². The summed E-state index contributed by atoms with van der Waals surface area (Å²) in [5.74, 6) is 0.786. The average molecular weight is 516 g/mol. The summed E-state index contributed by atoms with van der Waals surface area (Å²) in [6, 6.07) is 10.4. The molecular formula is C20H33IN6O2. The monoisotopic (exact) mass is 516 g/mol. The molecule has 1 aromatic rings. The van der Waals surface area contributed by atoms with Crippen molar-refractivity contribution in [2.45, 2.75) is 0 Å². The molecule has 2 fully saturated rings. The number of benzene rings is 1. The van der Waals surface area contributed by atoms with Gasteiger partial charge < -0.3 is 25.2 Å². The number of para-hydroxylation sites is 1. The Balaban J connectivity index is 0.00000300. The standard InChI is InChI=1S/C20H32N6O2.HI/c1-21-20(22-7-8-24-13-15-28-16-14-24)23-17-19(27)26-11-9-25(10-12-26)18-5-3-2-4-6-18;/h2-6H,7-17H2,1H3,(H2,21,22,23);1H. The zero-order chi connectivity index (χ0) is 19.6. The number of guanidine groups is 1. The van der Waals surface area contributed by atoms with E-state index in [0.717, 1.165) is 65.6 Å². The van der Waals surface area contributed by atoms with Gasteiger partial charge in [0.05, 0.1) is 19.8 Å². The topological polar surface area (TPSA) is 72.4 Å². The first-order valence-electron chi connectivity index (χ1n) is 10.1. The fourth-order valence-electron chi connectivity index (χ4n) is 3.50. The lowest BCUT2D eigenvalue weighted by molar-refractivity contribution is -0.130. The molecule has 0 aromatic heterocycles. The second-order valence-corrected chi connectivity index (χ2v) is 7.01. The Bertz CT molecular complexity index is 631. The van der Waals surface area contributed by atoms with Crippen molar-refractivity contribution in [3.05, 3.63) is 30.3 Å². The molecule has 0 aliphatic carbocycles. The molecule has 9 heteroatoms. The minimum absolute atomic E-state index is 0. The number of halogens is 1. The molecule has 2 saturated heterocycles. The van der Waals surface area contributed by atoms with E-state index in [1.54, 1.807) is 7.05 Å². The highest BCUT2D eigenvalue weighted by Gasteiger charge is 2.21. The normalized spacial score (nSPS) is 18.2. The number of rotatable bonds is 6. The number of hydrogen-bond donors (Lipinski definition) is 2. The van der Waals surface area contributed by atoms with E-state index in [-0.39, 0.29) is 36.4 Å². The van der Waals surface area contributed by atoms with Crippen LogP contribution in [-0.2, 0) is 9.53 Å². The van der Waals surface area contributed by atoms with Crippen LogP contribution >= 0.6 is 24.0 Å². The number of hydrogen-bond acceptors (Lipinski definition) is 5. The summed E-state index contributed by atoms with van der Waals surface area (Å²) in [5.41, 5.74) is 1.22. The maximum absolute atomic E-state index is 12.5. The van der Waals surface area contributed by atoms with Gasteiger partial charge in [-0.3, -0.25) is 14.7 Å². The lowest BCUT2D eigenvalue weighted by Crippen LogP contribution is -2.52. The molecule has 0 spiro atoms. The highest BCUT2D eigenvalue weighted by Crippen LogP contribution is 2.15. The highest BCUT2D eigenvalue weighted by molar-refractivity contribution is 14.0. The minimum atomic E-state index is 0. The van der Waals surface area contributed by atoms with Crippen molar-refractivity contribution >= 4 is 41.5 Å². The third-order valence-corrected chi connectivity index (χ3v) is 5.21. The summed E-state index contributed by atoms with van der Waals surface area (Å²) >= 11 is 0. The van der Waals surface area contributed by atoms with Crippen molar-refractivity contribution in [1.82, 2.24) is 20.4 Å². The van der Waals surface area contributed by atoms with E-state index in [2.05, 4.69) is 49.7 Å². The first-order chi connectivity index (χ1) is 13.8. The van der Waals surface area contributed by atoms with Crippen LogP contribution in [0.1, 0.15) is 0 Å². The smallest absolute Gasteiger partial charge is 0.242 e. The Morgan fingerprint density at radius 3 is 2.38 bits per heavy atom. The maximum Gasteiger partial charge on any atom is 0.242 e. The number of morpholine rings is 1. The molecule has 0 saturated carbocycles. The Morgan fingerprint density at radius 2 is 1.72 bits per heavy atom. The third kappa shape index (κ3) is 7.63. The summed E-state index contributed by atoms with van der Waals surface area (Å²) in [5, 5.41) is 6.42. The van der Waals surface area contributed by atoms with E-state index in [9.17, 15) is 4.79 Å². The fraction of sp³-hybridized carbons (Fsp3) is 0.600. The number of piperazine rings is 1. The zero-order valence-corrected chi connectivity index (χ0v) is 19.5. The van der Waals surface area contributed by atoms with Crippen LogP contribution in [0.2, 0.25) is 0 Å². The number of nitrogens with one attached hydrogen (secondary N) is 2. The largest absolute Gasteiger partial charge is 0.379 e. The summed E-state index contributed by atoms with van der Waals surface area (Å²) < 4.78 is 5.36. The lowest BCUT2D eigenvalue weighted by Gasteiger charge is -2.36. The number of nitrogens with zero attached hydrogens (tertiary/aromatic N) is 4. The van der Waals surface area contributed by atoms with Crippen LogP contribution in [0.5, 0.6) is 0 Å². The maximum atomic E-state index is 12.5. The van der Waals surface area contributed by atoms with Crippen molar-refractivity contribution < 1.29 is 9.53 Å². The summed E-state index contributed by atoms with van der Waals surface area (Å²) in [4.78, 5) is 23.3. The second-order valence-electron chi connectivity index (χ2n) is 7.01. The fourth-order valence-corrected chi connectivity index (χ4v) is 3.50. The van der Waals surface area contributed by atoms with E-state index in [1.165, 1.54) is 5.69 Å². The van der Waals surface area contributed by atoms with Gasteiger partial charge in [0.15, 0.2) is 5.96 Å². The Hall–Kier alpha value is -1.59. The van der Waals surface area contributed by atoms with Gasteiger partial charge >= 0.3 is 0 Å². The van der Waals surface area contributed by atoms with Crippen molar-refractivity contribution in [3.8, 4) is 0 Å². The van der Waals surface area contributed by atoms with Gasteiger partial charge in [0.2, 0.25) is 5.91 Å². The summed E-state index contributed by atoms with van der Waals surface area (Å²) in [6.45, 7) is 8.79. The molecular weight excluding hydrogens is 483 g/mol. The minimum Gasteiger partial charge on any atom is -0.379 e. The highest BCUT2D eigenvalue weighted by atomic mass is 127. The average Bonchev–Trinajstić information content (AvgIpc) is 2.77. The molecule has 2 aliphatic rings. The number of aliphatic imine (C=N–C) groups is 1. The summed E-state index contributed by atoms with van der Waals surface area (Å²) in [6.07, 6.45) is 0. The Kier molecular flexibility index (Phi) is 10.5. The molecule has 2 heterocycles. The van der Waals surface area contributed by atoms with Crippen molar-refractivity contribution in [2.24, 2.45) is 4.99 Å². The molecule has 2 aliphatic heterocycles. The first-order valence-corrected chi connectivity index (χ1v) is 10.1. The molecule has 0 atom stereocenters. The van der Waals surface area contributed by atoms with Crippen molar-refractivity contribution in [1.29, 1.82) is 0 Å². The van der Waals surface area contributed by atoms with E-state index >= 15 is 0 Å². The van der Waals surface area contributed by atoms with E-state index in [1.807, 2.05) is 11.0 Å². The molecule has 2 N–H and O–H groups in total. The number of ether oxygens (including phenoxy) is 1. The quantitative estimate of drug-likeness (QED) is 0.325. The molecule has 1 aromatic carbocycles. The van der Waals surface area contributed by atoms with Gasteiger partial charge in [0.1, 0.15) is 0 Å². The van der Waals surface area contributed by atoms with Crippen LogP contribution in [0.25, 0.3) is 0 Å². The molecule has 162 valence electrons. The molecule has 29 heavy (non-hydrogen) atoms. The van der Waals surface area contributed by atoms with Crippen molar-refractivity contribution in [3.63, 3.8) is 0 Å². The molecule has 1 amide bonds. The zero-order valence-electron chi connectivity index (χ0n) is 17.2. The molecule has 0 radical (unpaired) electrons. The Labute approximate surface area is 190 Å². The SMILES string of the molecule is CN=C(NCCN1CCOCC1)NCC(=O)N1CCN(c2ccccc2)CC1.I. The van der Waals surface area contributed by atoms with Crippen molar-refractivity contribution in [2.75, 3.05) is 84.1 Å². The van der Waals surface area contributed by atoms with Crippen LogP contribution < -0.4 is 15.5 Å². The summed E-state index contributed by atoms with van der Waals surface area (Å²) in [7, 11) is 1.73. The van der Waals surface area contributed by atoms with Crippen LogP contribution in [0.4, 0.5) is 5.69 Å². The van der Waals surface area contributed by atoms with Crippen LogP contribution in [0.15, 0.2) is 35.3 Å². The molecule has 8 nitrogen and oxygen atoms in total. The van der Waals surface area contributed by atoms with Gasteiger partial charge in [0, 0.05) is 65.1 Å². The first kappa shape index (κ1) is 23.7. The van der Waals surface area contributed by atoms with Crippen LogP contribution in [-0.4, -0.2) is 101 Å².